The number of anilines is 1. The summed E-state index contributed by atoms with van der Waals surface area (Å²) in [5.41, 5.74) is 6.05. The lowest BCUT2D eigenvalue weighted by Crippen LogP contribution is -2.47. The smallest absolute Gasteiger partial charge is 0.241 e. The predicted molar refractivity (Wildman–Crippen MR) is 76.3 cm³/mol. The van der Waals surface area contributed by atoms with Crippen molar-refractivity contribution in [2.24, 2.45) is 5.92 Å². The Labute approximate surface area is 116 Å². The fraction of sp³-hybridized carbons (Fsp3) is 0.333. The van der Waals surface area contributed by atoms with Crippen molar-refractivity contribution in [3.8, 4) is 0 Å². The van der Waals surface area contributed by atoms with Gasteiger partial charge in [0.25, 0.3) is 0 Å². The summed E-state index contributed by atoms with van der Waals surface area (Å²) in [5, 5.41) is 3.90. The van der Waals surface area contributed by atoms with Crippen LogP contribution in [0.1, 0.15) is 19.3 Å². The molecule has 0 aromatic heterocycles. The summed E-state index contributed by atoms with van der Waals surface area (Å²) in [6.07, 6.45) is 3.05. The summed E-state index contributed by atoms with van der Waals surface area (Å²) in [4.78, 5) is 11.6. The Morgan fingerprint density at radius 2 is 2.11 bits per heavy atom. The maximum Gasteiger partial charge on any atom is 0.241 e. The number of rotatable bonds is 2. The first kappa shape index (κ1) is 13.1. The molecule has 3 N–H and O–H groups in total. The van der Waals surface area contributed by atoms with E-state index in [4.69, 9.17) is 23.8 Å². The van der Waals surface area contributed by atoms with Gasteiger partial charge in [-0.2, -0.15) is 0 Å². The maximum absolute atomic E-state index is 11.6. The summed E-state index contributed by atoms with van der Waals surface area (Å²) < 4.78 is 0. The molecule has 0 radical (unpaired) electrons. The zero-order chi connectivity index (χ0) is 13.0. The van der Waals surface area contributed by atoms with Gasteiger partial charge in [-0.3, -0.25) is 15.6 Å². The molecule has 1 amide bonds. The third kappa shape index (κ3) is 3.58. The molecule has 0 spiro atoms. The molecular weight excluding hydrogens is 270 g/mol. The molecule has 18 heavy (non-hydrogen) atoms. The van der Waals surface area contributed by atoms with Gasteiger partial charge >= 0.3 is 0 Å². The van der Waals surface area contributed by atoms with Crippen LogP contribution < -0.4 is 16.2 Å². The van der Waals surface area contributed by atoms with Gasteiger partial charge in [0.15, 0.2) is 5.11 Å². The van der Waals surface area contributed by atoms with Crippen molar-refractivity contribution >= 4 is 40.5 Å². The van der Waals surface area contributed by atoms with Gasteiger partial charge in [-0.05, 0) is 43.3 Å². The van der Waals surface area contributed by atoms with Gasteiger partial charge in [-0.1, -0.05) is 24.1 Å². The maximum atomic E-state index is 11.6. The highest BCUT2D eigenvalue weighted by molar-refractivity contribution is 7.80. The summed E-state index contributed by atoms with van der Waals surface area (Å²) in [7, 11) is 0. The van der Waals surface area contributed by atoms with E-state index >= 15 is 0 Å². The number of hydrazine groups is 1. The van der Waals surface area contributed by atoms with E-state index in [1.807, 2.05) is 12.1 Å². The molecule has 0 heterocycles. The second kappa shape index (κ2) is 6.02. The van der Waals surface area contributed by atoms with Gasteiger partial charge in [-0.25, -0.2) is 0 Å². The number of benzene rings is 1. The van der Waals surface area contributed by atoms with Crippen LogP contribution in [-0.2, 0) is 4.79 Å². The van der Waals surface area contributed by atoms with E-state index in [0.29, 0.717) is 10.1 Å². The van der Waals surface area contributed by atoms with Gasteiger partial charge in [0.2, 0.25) is 5.91 Å². The Kier molecular flexibility index (Phi) is 4.38. The third-order valence-electron chi connectivity index (χ3n) is 2.86. The molecule has 6 heteroatoms. The summed E-state index contributed by atoms with van der Waals surface area (Å²) >= 11 is 10.9. The Hall–Kier alpha value is -1.33. The average molecular weight is 284 g/mol. The molecule has 1 saturated carbocycles. The first-order valence-corrected chi connectivity index (χ1v) is 6.56. The van der Waals surface area contributed by atoms with Gasteiger partial charge in [0.1, 0.15) is 0 Å². The van der Waals surface area contributed by atoms with Crippen LogP contribution in [0.25, 0.3) is 0 Å². The SMILES string of the molecule is O=C(NNC(=S)Nc1cccc(Cl)c1)C1CCC1. The zero-order valence-corrected chi connectivity index (χ0v) is 11.3. The molecule has 0 aliphatic heterocycles. The van der Waals surface area contributed by atoms with Gasteiger partial charge in [0.05, 0.1) is 0 Å². The third-order valence-corrected chi connectivity index (χ3v) is 3.30. The normalized spacial score (nSPS) is 14.5. The number of amides is 1. The minimum Gasteiger partial charge on any atom is -0.331 e. The fourth-order valence-electron chi connectivity index (χ4n) is 1.62. The van der Waals surface area contributed by atoms with E-state index < -0.39 is 0 Å². The van der Waals surface area contributed by atoms with Crippen molar-refractivity contribution < 1.29 is 4.79 Å². The van der Waals surface area contributed by atoms with Crippen molar-refractivity contribution in [1.29, 1.82) is 0 Å². The van der Waals surface area contributed by atoms with Crippen molar-refractivity contribution in [2.75, 3.05) is 5.32 Å². The summed E-state index contributed by atoms with van der Waals surface area (Å²) in [6, 6.07) is 7.19. The molecule has 0 unspecified atom stereocenters. The number of nitrogens with one attached hydrogen (secondary N) is 3. The number of carbonyl (C=O) groups excluding carboxylic acids is 1. The van der Waals surface area contributed by atoms with Crippen LogP contribution in [0.15, 0.2) is 24.3 Å². The van der Waals surface area contributed by atoms with E-state index in [1.54, 1.807) is 12.1 Å². The second-order valence-electron chi connectivity index (χ2n) is 4.21. The first-order chi connectivity index (χ1) is 8.65. The molecule has 1 fully saturated rings. The van der Waals surface area contributed by atoms with Crippen LogP contribution in [0.2, 0.25) is 5.02 Å². The van der Waals surface area contributed by atoms with Gasteiger partial charge in [0, 0.05) is 16.6 Å². The monoisotopic (exact) mass is 283 g/mol. The Bertz CT molecular complexity index is 462. The molecule has 1 aliphatic carbocycles. The lowest BCUT2D eigenvalue weighted by atomic mass is 9.85. The van der Waals surface area contributed by atoms with Crippen LogP contribution in [0.5, 0.6) is 0 Å². The van der Waals surface area contributed by atoms with E-state index in [-0.39, 0.29) is 11.8 Å². The largest absolute Gasteiger partial charge is 0.331 e. The molecule has 0 bridgehead atoms. The van der Waals surface area contributed by atoms with Crippen molar-refractivity contribution in [1.82, 2.24) is 10.9 Å². The molecule has 96 valence electrons. The standard InChI is InChI=1S/C12H14ClN3OS/c13-9-5-2-6-10(7-9)14-12(18)16-15-11(17)8-3-1-4-8/h2,5-8H,1,3-4H2,(H,15,17)(H2,14,16,18). The van der Waals surface area contributed by atoms with E-state index in [1.165, 1.54) is 0 Å². The number of halogens is 1. The fourth-order valence-corrected chi connectivity index (χ4v) is 1.98. The van der Waals surface area contributed by atoms with Gasteiger partial charge in [-0.15, -0.1) is 0 Å². The Morgan fingerprint density at radius 3 is 2.72 bits per heavy atom. The highest BCUT2D eigenvalue weighted by Crippen LogP contribution is 2.25. The minimum atomic E-state index is -0.00325. The number of thiocarbonyl (C=S) groups is 1. The Balaban J connectivity index is 1.76. The zero-order valence-electron chi connectivity index (χ0n) is 9.70. The Morgan fingerprint density at radius 1 is 1.33 bits per heavy atom. The lowest BCUT2D eigenvalue weighted by Gasteiger charge is -2.24. The van der Waals surface area contributed by atoms with Crippen LogP contribution >= 0.6 is 23.8 Å². The second-order valence-corrected chi connectivity index (χ2v) is 5.05. The predicted octanol–water partition coefficient (Wildman–Crippen LogP) is 2.46. The molecule has 0 saturated heterocycles. The van der Waals surface area contributed by atoms with Crippen LogP contribution in [0, 0.1) is 5.92 Å². The summed E-state index contributed by atoms with van der Waals surface area (Å²) in [5.74, 6) is 0.128. The molecule has 0 atom stereocenters. The summed E-state index contributed by atoms with van der Waals surface area (Å²) in [6.45, 7) is 0. The molecule has 4 nitrogen and oxygen atoms in total. The topological polar surface area (TPSA) is 53.2 Å². The van der Waals surface area contributed by atoms with Crippen molar-refractivity contribution in [3.05, 3.63) is 29.3 Å². The van der Waals surface area contributed by atoms with E-state index in [2.05, 4.69) is 16.2 Å². The average Bonchev–Trinajstić information content (AvgIpc) is 2.24. The van der Waals surface area contributed by atoms with E-state index in [0.717, 1.165) is 24.9 Å². The quantitative estimate of drug-likeness (QED) is 0.576. The molecule has 2 rings (SSSR count). The van der Waals surface area contributed by atoms with Crippen molar-refractivity contribution in [2.45, 2.75) is 19.3 Å². The number of hydrogen-bond acceptors (Lipinski definition) is 2. The highest BCUT2D eigenvalue weighted by atomic mass is 35.5. The molecule has 1 aromatic rings. The van der Waals surface area contributed by atoms with Crippen LogP contribution in [0.4, 0.5) is 5.69 Å². The molecule has 1 aromatic carbocycles. The minimum absolute atomic E-state index is 0.00325. The first-order valence-electron chi connectivity index (χ1n) is 5.77. The lowest BCUT2D eigenvalue weighted by molar-refractivity contribution is -0.127. The highest BCUT2D eigenvalue weighted by Gasteiger charge is 2.24. The molecular formula is C12H14ClN3OS. The molecule has 1 aliphatic rings. The van der Waals surface area contributed by atoms with Gasteiger partial charge < -0.3 is 5.32 Å². The van der Waals surface area contributed by atoms with Crippen LogP contribution in [-0.4, -0.2) is 11.0 Å². The number of hydrogen-bond donors (Lipinski definition) is 3. The van der Waals surface area contributed by atoms with Crippen molar-refractivity contribution in [3.63, 3.8) is 0 Å². The van der Waals surface area contributed by atoms with E-state index in [9.17, 15) is 4.79 Å². The number of carbonyl (C=O) groups is 1. The van der Waals surface area contributed by atoms with Crippen LogP contribution in [0.3, 0.4) is 0 Å².